The Labute approximate surface area is 106 Å². The number of ether oxygens (including phenoxy) is 2. The van der Waals surface area contributed by atoms with E-state index in [0.717, 1.165) is 12.8 Å². The van der Waals surface area contributed by atoms with Crippen LogP contribution >= 0.6 is 0 Å². The Morgan fingerprint density at radius 1 is 1.33 bits per heavy atom. The smallest absolute Gasteiger partial charge is 0.410 e. The minimum Gasteiger partial charge on any atom is -0.410 e. The molecule has 3 atom stereocenters. The minimum atomic E-state index is -0.385. The first-order valence-corrected chi connectivity index (χ1v) is 6.47. The van der Waals surface area contributed by atoms with Crippen LogP contribution in [0.2, 0.25) is 0 Å². The van der Waals surface area contributed by atoms with E-state index in [1.165, 1.54) is 6.42 Å². The lowest BCUT2D eigenvalue weighted by molar-refractivity contribution is 0.0924. The van der Waals surface area contributed by atoms with Crippen molar-refractivity contribution in [1.82, 2.24) is 5.32 Å². The van der Waals surface area contributed by atoms with Gasteiger partial charge in [0.25, 0.3) is 0 Å². The molecule has 18 heavy (non-hydrogen) atoms. The number of hydrogen-bond donors (Lipinski definition) is 1. The lowest BCUT2D eigenvalue weighted by Crippen LogP contribution is -2.35. The number of para-hydroxylation sites is 1. The molecular weight excluding hydrogens is 230 g/mol. The van der Waals surface area contributed by atoms with Gasteiger partial charge in [0.1, 0.15) is 5.75 Å². The Morgan fingerprint density at radius 2 is 2.17 bits per heavy atom. The predicted octanol–water partition coefficient (Wildman–Crippen LogP) is 2.34. The highest BCUT2D eigenvalue weighted by Crippen LogP contribution is 2.38. The lowest BCUT2D eigenvalue weighted by Gasteiger charge is -2.18. The Hall–Kier alpha value is -1.55. The maximum atomic E-state index is 11.6. The highest BCUT2D eigenvalue weighted by Gasteiger charge is 2.40. The Morgan fingerprint density at radius 3 is 2.83 bits per heavy atom. The second kappa shape index (κ2) is 4.98. The van der Waals surface area contributed by atoms with E-state index < -0.39 is 0 Å². The van der Waals surface area contributed by atoms with E-state index in [4.69, 9.17) is 9.47 Å². The third-order valence-corrected chi connectivity index (χ3v) is 3.69. The van der Waals surface area contributed by atoms with Gasteiger partial charge in [-0.1, -0.05) is 18.2 Å². The number of amides is 1. The molecule has 0 aliphatic carbocycles. The average Bonchev–Trinajstić information content (AvgIpc) is 3.00. The summed E-state index contributed by atoms with van der Waals surface area (Å²) in [5.41, 5.74) is 0. The van der Waals surface area contributed by atoms with Gasteiger partial charge >= 0.3 is 6.09 Å². The van der Waals surface area contributed by atoms with Gasteiger partial charge in [-0.15, -0.1) is 0 Å². The van der Waals surface area contributed by atoms with Crippen molar-refractivity contribution in [2.45, 2.75) is 31.5 Å². The van der Waals surface area contributed by atoms with E-state index in [1.807, 2.05) is 18.2 Å². The number of nitrogens with one attached hydrogen (secondary N) is 1. The summed E-state index contributed by atoms with van der Waals surface area (Å²) in [6.07, 6.45) is 3.75. The molecule has 2 aliphatic rings. The maximum absolute atomic E-state index is 11.6. The fourth-order valence-electron chi connectivity index (χ4n) is 2.80. The van der Waals surface area contributed by atoms with Crippen LogP contribution in [0, 0.1) is 5.92 Å². The van der Waals surface area contributed by atoms with Gasteiger partial charge in [-0.25, -0.2) is 4.79 Å². The molecule has 4 nitrogen and oxygen atoms in total. The molecule has 1 N–H and O–H groups in total. The number of rotatable bonds is 3. The fraction of sp³-hybridized carbons (Fsp3) is 0.500. The van der Waals surface area contributed by atoms with Crippen LogP contribution in [-0.2, 0) is 4.74 Å². The number of carbonyl (C=O) groups excluding carboxylic acids is 1. The summed E-state index contributed by atoms with van der Waals surface area (Å²) in [4.78, 5) is 11.6. The van der Waals surface area contributed by atoms with Crippen molar-refractivity contribution in [3.8, 4) is 5.75 Å². The first-order chi connectivity index (χ1) is 8.81. The molecule has 0 spiro atoms. The van der Waals surface area contributed by atoms with Crippen molar-refractivity contribution in [2.24, 2.45) is 5.92 Å². The summed E-state index contributed by atoms with van der Waals surface area (Å²) in [5, 5.41) is 2.82. The van der Waals surface area contributed by atoms with E-state index >= 15 is 0 Å². The van der Waals surface area contributed by atoms with Crippen LogP contribution in [0.25, 0.3) is 0 Å². The van der Waals surface area contributed by atoms with Crippen molar-refractivity contribution >= 4 is 6.09 Å². The summed E-state index contributed by atoms with van der Waals surface area (Å²) >= 11 is 0. The molecule has 2 bridgehead atoms. The lowest BCUT2D eigenvalue weighted by atomic mass is 9.89. The molecule has 2 aliphatic heterocycles. The quantitative estimate of drug-likeness (QED) is 0.891. The number of fused-ring (bicyclic) bond motifs is 2. The standard InChI is InChI=1S/C14H17NO3/c16-14(18-11-4-2-1-3-5-11)15-9-10-8-12-6-7-13(10)17-12/h1-5,10,12-13H,6-9H2,(H,15,16). The predicted molar refractivity (Wildman–Crippen MR) is 66.5 cm³/mol. The van der Waals surface area contributed by atoms with Crippen LogP contribution in [0.1, 0.15) is 19.3 Å². The van der Waals surface area contributed by atoms with Crippen LogP contribution in [0.15, 0.2) is 30.3 Å². The van der Waals surface area contributed by atoms with Crippen molar-refractivity contribution in [2.75, 3.05) is 6.54 Å². The highest BCUT2D eigenvalue weighted by molar-refractivity contribution is 5.70. The molecule has 0 saturated carbocycles. The molecule has 1 amide bonds. The summed E-state index contributed by atoms with van der Waals surface area (Å²) in [6, 6.07) is 9.09. The first kappa shape index (κ1) is 11.5. The SMILES string of the molecule is O=C(NCC1CC2CCC1O2)Oc1ccccc1. The third-order valence-electron chi connectivity index (χ3n) is 3.69. The zero-order chi connectivity index (χ0) is 12.4. The molecule has 0 radical (unpaired) electrons. The van der Waals surface area contributed by atoms with E-state index in [-0.39, 0.29) is 6.09 Å². The molecule has 0 aromatic heterocycles. The largest absolute Gasteiger partial charge is 0.412 e. The number of carbonyl (C=O) groups is 1. The number of hydrogen-bond acceptors (Lipinski definition) is 3. The van der Waals surface area contributed by atoms with Gasteiger partial charge in [0.05, 0.1) is 12.2 Å². The van der Waals surface area contributed by atoms with Gasteiger partial charge in [-0.2, -0.15) is 0 Å². The van der Waals surface area contributed by atoms with E-state index in [2.05, 4.69) is 5.32 Å². The van der Waals surface area contributed by atoms with Crippen molar-refractivity contribution in [1.29, 1.82) is 0 Å². The fourth-order valence-corrected chi connectivity index (χ4v) is 2.80. The van der Waals surface area contributed by atoms with Crippen LogP contribution < -0.4 is 10.1 Å². The normalized spacial score (nSPS) is 29.2. The molecule has 4 heteroatoms. The van der Waals surface area contributed by atoms with Crippen molar-refractivity contribution in [3.63, 3.8) is 0 Å². The van der Waals surface area contributed by atoms with Gasteiger partial charge in [0.15, 0.2) is 0 Å². The highest BCUT2D eigenvalue weighted by atomic mass is 16.6. The molecule has 3 rings (SSSR count). The molecule has 1 aromatic carbocycles. The van der Waals surface area contributed by atoms with Crippen LogP contribution in [0.3, 0.4) is 0 Å². The van der Waals surface area contributed by atoms with Crippen molar-refractivity contribution < 1.29 is 14.3 Å². The molecule has 2 heterocycles. The zero-order valence-corrected chi connectivity index (χ0v) is 10.2. The average molecular weight is 247 g/mol. The van der Waals surface area contributed by atoms with Gasteiger partial charge < -0.3 is 14.8 Å². The molecular formula is C14H17NO3. The second-order valence-electron chi connectivity index (χ2n) is 4.95. The Balaban J connectivity index is 1.45. The molecule has 96 valence electrons. The first-order valence-electron chi connectivity index (χ1n) is 6.47. The Kier molecular flexibility index (Phi) is 3.19. The third kappa shape index (κ3) is 2.48. The zero-order valence-electron chi connectivity index (χ0n) is 10.2. The van der Waals surface area contributed by atoms with E-state index in [0.29, 0.717) is 30.4 Å². The molecule has 1 aromatic rings. The van der Waals surface area contributed by atoms with Crippen LogP contribution in [-0.4, -0.2) is 24.8 Å². The summed E-state index contributed by atoms with van der Waals surface area (Å²) in [5.74, 6) is 1.02. The molecule has 2 saturated heterocycles. The van der Waals surface area contributed by atoms with Crippen LogP contribution in [0.4, 0.5) is 4.79 Å². The van der Waals surface area contributed by atoms with Gasteiger partial charge in [-0.3, -0.25) is 0 Å². The van der Waals surface area contributed by atoms with Gasteiger partial charge in [0, 0.05) is 12.5 Å². The Bertz CT molecular complexity index is 420. The summed E-state index contributed by atoms with van der Waals surface area (Å²) in [6.45, 7) is 0.646. The van der Waals surface area contributed by atoms with Gasteiger partial charge in [0.2, 0.25) is 0 Å². The second-order valence-corrected chi connectivity index (χ2v) is 4.95. The monoisotopic (exact) mass is 247 g/mol. The summed E-state index contributed by atoms with van der Waals surface area (Å²) < 4.78 is 10.9. The summed E-state index contributed by atoms with van der Waals surface area (Å²) in [7, 11) is 0. The van der Waals surface area contributed by atoms with E-state index in [1.54, 1.807) is 12.1 Å². The topological polar surface area (TPSA) is 47.6 Å². The van der Waals surface area contributed by atoms with Crippen molar-refractivity contribution in [3.05, 3.63) is 30.3 Å². The number of benzene rings is 1. The van der Waals surface area contributed by atoms with Crippen LogP contribution in [0.5, 0.6) is 5.75 Å². The molecule has 3 unspecified atom stereocenters. The maximum Gasteiger partial charge on any atom is 0.412 e. The minimum absolute atomic E-state index is 0.340. The van der Waals surface area contributed by atoms with Gasteiger partial charge in [-0.05, 0) is 31.4 Å². The molecule has 2 fully saturated rings. The van der Waals surface area contributed by atoms with E-state index in [9.17, 15) is 4.79 Å².